The van der Waals surface area contributed by atoms with Gasteiger partial charge in [-0.1, -0.05) is 13.8 Å². The third kappa shape index (κ3) is 7.08. The Bertz CT molecular complexity index is 660. The number of methoxy groups -OCH3 is 1. The summed E-state index contributed by atoms with van der Waals surface area (Å²) in [4.78, 5) is 5.58. The number of aliphatic hydroxyl groups excluding tert-OH is 2. The number of rotatable bonds is 4. The second-order valence-electron chi connectivity index (χ2n) is 5.09. The van der Waals surface area contributed by atoms with Crippen molar-refractivity contribution in [3.8, 4) is 0 Å². The summed E-state index contributed by atoms with van der Waals surface area (Å²) < 4.78 is 101. The van der Waals surface area contributed by atoms with Crippen molar-refractivity contribution in [2.24, 2.45) is 4.99 Å². The molecule has 3 unspecified atom stereocenters. The van der Waals surface area contributed by atoms with Crippen LogP contribution in [0.5, 0.6) is 0 Å². The number of aromatic nitrogens is 1. The highest BCUT2D eigenvalue weighted by atomic mass is 19.4. The number of halogens is 7. The molecular weight excluding hydrogens is 417 g/mol. The van der Waals surface area contributed by atoms with Gasteiger partial charge in [-0.25, -0.2) is 13.8 Å². The number of hydrogen-bond acceptors (Lipinski definition) is 6. The van der Waals surface area contributed by atoms with E-state index in [2.05, 4.69) is 14.7 Å². The Morgan fingerprint density at radius 3 is 2.00 bits per heavy atom. The molecule has 1 aromatic heterocycles. The van der Waals surface area contributed by atoms with Gasteiger partial charge in [0.25, 0.3) is 17.8 Å². The van der Waals surface area contributed by atoms with E-state index in [9.17, 15) is 35.8 Å². The van der Waals surface area contributed by atoms with Gasteiger partial charge in [-0.2, -0.15) is 26.9 Å². The van der Waals surface area contributed by atoms with Crippen LogP contribution in [-0.2, 0) is 9.47 Å². The molecule has 168 valence electrons. The smallest absolute Gasteiger partial charge is 0.445 e. The fourth-order valence-electron chi connectivity index (χ4n) is 2.31. The fraction of sp³-hybridized carbons (Fsp3) is 0.625. The molecule has 0 aliphatic carbocycles. The van der Waals surface area contributed by atoms with Crippen LogP contribution in [0.4, 0.5) is 30.7 Å². The zero-order chi connectivity index (χ0) is 22.9. The molecular formula is C16H21F7N2O4. The van der Waals surface area contributed by atoms with Crippen molar-refractivity contribution in [1.29, 1.82) is 0 Å². The van der Waals surface area contributed by atoms with Gasteiger partial charge in [0, 0.05) is 27.1 Å². The Morgan fingerprint density at radius 2 is 1.59 bits per heavy atom. The van der Waals surface area contributed by atoms with Crippen LogP contribution >= 0.6 is 0 Å². The minimum absolute atomic E-state index is 0.446. The number of ether oxygens (including phenoxy) is 2. The molecule has 2 heterocycles. The molecule has 2 rings (SSSR count). The first-order valence-electron chi connectivity index (χ1n) is 8.21. The summed E-state index contributed by atoms with van der Waals surface area (Å²) in [5.74, 6) is -9.25. The van der Waals surface area contributed by atoms with E-state index in [4.69, 9.17) is 9.84 Å². The topological polar surface area (TPSA) is 84.2 Å². The quantitative estimate of drug-likeness (QED) is 0.556. The minimum atomic E-state index is -4.99. The minimum Gasteiger partial charge on any atom is -0.445 e. The van der Waals surface area contributed by atoms with Gasteiger partial charge in [-0.3, -0.25) is 0 Å². The normalized spacial score (nSPS) is 19.7. The van der Waals surface area contributed by atoms with Crippen molar-refractivity contribution in [3.63, 3.8) is 0 Å². The predicted octanol–water partition coefficient (Wildman–Crippen LogP) is 3.42. The van der Waals surface area contributed by atoms with E-state index >= 15 is 0 Å². The maximum Gasteiger partial charge on any atom is 0.468 e. The van der Waals surface area contributed by atoms with Crippen LogP contribution < -0.4 is 0 Å². The second kappa shape index (κ2) is 11.9. The van der Waals surface area contributed by atoms with E-state index in [1.807, 2.05) is 13.8 Å². The van der Waals surface area contributed by atoms with Crippen LogP contribution in [0.3, 0.4) is 0 Å². The number of hydrogen-bond donors (Lipinski definition) is 2. The highest BCUT2D eigenvalue weighted by Crippen LogP contribution is 2.33. The van der Waals surface area contributed by atoms with Crippen molar-refractivity contribution in [2.45, 2.75) is 51.3 Å². The summed E-state index contributed by atoms with van der Waals surface area (Å²) >= 11 is 0. The maximum atomic E-state index is 13.8. The molecule has 0 saturated carbocycles. The van der Waals surface area contributed by atoms with Gasteiger partial charge < -0.3 is 19.7 Å². The van der Waals surface area contributed by atoms with Gasteiger partial charge >= 0.3 is 6.18 Å². The van der Waals surface area contributed by atoms with Crippen molar-refractivity contribution in [3.05, 3.63) is 29.1 Å². The van der Waals surface area contributed by atoms with Gasteiger partial charge in [0.2, 0.25) is 6.29 Å². The van der Waals surface area contributed by atoms with Crippen molar-refractivity contribution in [2.75, 3.05) is 14.2 Å². The molecule has 0 radical (unpaired) electrons. The first-order valence-corrected chi connectivity index (χ1v) is 8.21. The van der Waals surface area contributed by atoms with Crippen LogP contribution in [-0.4, -0.2) is 53.8 Å². The molecule has 0 aromatic carbocycles. The first kappa shape index (κ1) is 27.0. The van der Waals surface area contributed by atoms with Gasteiger partial charge in [0.1, 0.15) is 0 Å². The number of aliphatic hydroxyl groups is 2. The Labute approximate surface area is 162 Å². The summed E-state index contributed by atoms with van der Waals surface area (Å²) in [5, 5.41) is 16.3. The van der Waals surface area contributed by atoms with Gasteiger partial charge in [-0.15, -0.1) is 0 Å². The molecule has 2 N–H and O–H groups in total. The Morgan fingerprint density at radius 1 is 1.10 bits per heavy atom. The maximum absolute atomic E-state index is 13.8. The number of pyridine rings is 1. The van der Waals surface area contributed by atoms with Crippen molar-refractivity contribution < 1.29 is 50.4 Å². The van der Waals surface area contributed by atoms with Gasteiger partial charge in [-0.05, 0) is 0 Å². The first-order chi connectivity index (χ1) is 13.5. The number of alkyl halides is 3. The molecule has 1 aromatic rings. The predicted molar refractivity (Wildman–Crippen MR) is 86.9 cm³/mol. The van der Waals surface area contributed by atoms with E-state index in [0.717, 1.165) is 14.2 Å². The summed E-state index contributed by atoms with van der Waals surface area (Å²) in [6, 6.07) is -1.33. The second-order valence-corrected chi connectivity index (χ2v) is 5.09. The number of nitrogens with zero attached hydrogens (tertiary/aromatic N) is 2. The average Bonchev–Trinajstić information content (AvgIpc) is 2.68. The molecule has 3 atom stereocenters. The van der Waals surface area contributed by atoms with Crippen LogP contribution in [0, 0.1) is 23.5 Å². The molecule has 0 saturated heterocycles. The Balaban J connectivity index is 0.00000184. The molecule has 1 aliphatic rings. The Kier molecular flexibility index (Phi) is 11.1. The summed E-state index contributed by atoms with van der Waals surface area (Å²) in [6.45, 7) is 4.00. The average molecular weight is 438 g/mol. The van der Waals surface area contributed by atoms with Crippen LogP contribution in [0.1, 0.15) is 38.4 Å². The lowest BCUT2D eigenvalue weighted by Crippen LogP contribution is -2.38. The standard InChI is InChI=1S/C13H11F7N2O3.C2H6.CH4O/c1-24-5(7-8(14)10(16)22-11(17)9(7)15)2-4-3-6(23)25-12(21-4)13(18,19)20;2*1-2/h4-6,23H,2-3H2,1H3;1-2H3;2H,1H3. The van der Waals surface area contributed by atoms with Gasteiger partial charge in [0.15, 0.2) is 11.6 Å². The molecule has 1 aliphatic heterocycles. The lowest BCUT2D eigenvalue weighted by Gasteiger charge is -2.28. The van der Waals surface area contributed by atoms with E-state index in [1.165, 1.54) is 0 Å². The highest BCUT2D eigenvalue weighted by molar-refractivity contribution is 5.82. The van der Waals surface area contributed by atoms with E-state index in [0.29, 0.717) is 0 Å². The number of aliphatic imine (C=N–C) groups is 1. The molecule has 13 heteroatoms. The van der Waals surface area contributed by atoms with E-state index < -0.39 is 72.4 Å². The highest BCUT2D eigenvalue weighted by Gasteiger charge is 2.43. The Hall–Kier alpha value is -1.99. The third-order valence-corrected chi connectivity index (χ3v) is 3.39. The van der Waals surface area contributed by atoms with Crippen molar-refractivity contribution in [1.82, 2.24) is 4.98 Å². The summed E-state index contributed by atoms with van der Waals surface area (Å²) in [6.07, 6.45) is -9.59. The molecule has 0 spiro atoms. The summed E-state index contributed by atoms with van der Waals surface area (Å²) in [5.41, 5.74) is -1.17. The lowest BCUT2D eigenvalue weighted by molar-refractivity contribution is -0.121. The van der Waals surface area contributed by atoms with Gasteiger partial charge in [0.05, 0.1) is 17.7 Å². The molecule has 0 fully saturated rings. The molecule has 0 bridgehead atoms. The SMILES string of the molecule is CC.CO.COC(CC1CC(O)OC(C(F)(F)F)=N1)c1c(F)c(F)nc(F)c1F. The zero-order valence-electron chi connectivity index (χ0n) is 15.9. The largest absolute Gasteiger partial charge is 0.468 e. The zero-order valence-corrected chi connectivity index (χ0v) is 15.9. The molecule has 6 nitrogen and oxygen atoms in total. The van der Waals surface area contributed by atoms with Crippen LogP contribution in [0.25, 0.3) is 0 Å². The van der Waals surface area contributed by atoms with Crippen LogP contribution in [0.15, 0.2) is 4.99 Å². The van der Waals surface area contributed by atoms with Crippen molar-refractivity contribution >= 4 is 5.90 Å². The van der Waals surface area contributed by atoms with E-state index in [1.54, 1.807) is 0 Å². The third-order valence-electron chi connectivity index (χ3n) is 3.39. The molecule has 0 amide bonds. The lowest BCUT2D eigenvalue weighted by atomic mass is 9.99. The summed E-state index contributed by atoms with van der Waals surface area (Å²) in [7, 11) is 1.93. The van der Waals surface area contributed by atoms with E-state index in [-0.39, 0.29) is 0 Å². The fourth-order valence-corrected chi connectivity index (χ4v) is 2.31. The monoisotopic (exact) mass is 438 g/mol. The molecule has 29 heavy (non-hydrogen) atoms. The van der Waals surface area contributed by atoms with Crippen LogP contribution in [0.2, 0.25) is 0 Å².